The Morgan fingerprint density at radius 1 is 1.60 bits per heavy atom. The minimum Gasteiger partial charge on any atom is -0.465 e. The van der Waals surface area contributed by atoms with Crippen molar-refractivity contribution in [1.82, 2.24) is 9.55 Å². The lowest BCUT2D eigenvalue weighted by molar-refractivity contribution is 0.103. The Morgan fingerprint density at radius 2 is 2.47 bits per heavy atom. The molecule has 76 valence electrons. The van der Waals surface area contributed by atoms with Gasteiger partial charge in [-0.15, -0.1) is 0 Å². The van der Waals surface area contributed by atoms with E-state index in [9.17, 15) is 4.79 Å². The van der Waals surface area contributed by atoms with E-state index in [4.69, 9.17) is 4.42 Å². The molecule has 2 aromatic heterocycles. The highest BCUT2D eigenvalue weighted by Gasteiger charge is 2.06. The van der Waals surface area contributed by atoms with Crippen LogP contribution in [0.4, 0.5) is 0 Å². The number of carbonyl (C=O) groups excluding carboxylic acids is 1. The first-order valence-corrected chi connectivity index (χ1v) is 4.50. The molecule has 0 saturated heterocycles. The third-order valence-electron chi connectivity index (χ3n) is 1.98. The van der Waals surface area contributed by atoms with Gasteiger partial charge in [-0.3, -0.25) is 4.79 Å². The quantitative estimate of drug-likeness (QED) is 0.564. The fraction of sp³-hybridized carbons (Fsp3) is 0.0909. The van der Waals surface area contributed by atoms with Gasteiger partial charge in [-0.2, -0.15) is 0 Å². The molecule has 0 spiro atoms. The van der Waals surface area contributed by atoms with E-state index in [2.05, 4.69) is 4.98 Å². The van der Waals surface area contributed by atoms with E-state index in [0.717, 1.165) is 0 Å². The summed E-state index contributed by atoms with van der Waals surface area (Å²) < 4.78 is 6.74. The van der Waals surface area contributed by atoms with Crippen molar-refractivity contribution in [3.05, 3.63) is 48.5 Å². The summed E-state index contributed by atoms with van der Waals surface area (Å²) in [5, 5.41) is 0. The molecule has 0 N–H and O–H groups in total. The maximum absolute atomic E-state index is 11.6. The van der Waals surface area contributed by atoms with Gasteiger partial charge < -0.3 is 8.98 Å². The zero-order chi connectivity index (χ0) is 10.7. The molecule has 15 heavy (non-hydrogen) atoms. The summed E-state index contributed by atoms with van der Waals surface area (Å²) in [7, 11) is 1.78. The van der Waals surface area contributed by atoms with Crippen LogP contribution in [0.3, 0.4) is 0 Å². The first kappa shape index (κ1) is 9.45. The van der Waals surface area contributed by atoms with Gasteiger partial charge >= 0.3 is 0 Å². The zero-order valence-electron chi connectivity index (χ0n) is 8.25. The van der Waals surface area contributed by atoms with Crippen molar-refractivity contribution in [2.45, 2.75) is 0 Å². The van der Waals surface area contributed by atoms with Gasteiger partial charge in [-0.05, 0) is 24.3 Å². The third kappa shape index (κ3) is 2.04. The number of allylic oxidation sites excluding steroid dienone is 1. The molecule has 0 unspecified atom stereocenters. The predicted molar refractivity (Wildman–Crippen MR) is 55.3 cm³/mol. The van der Waals surface area contributed by atoms with Gasteiger partial charge in [0.05, 0.1) is 6.26 Å². The topological polar surface area (TPSA) is 48.0 Å². The number of nitrogens with zero attached hydrogens (tertiary/aromatic N) is 2. The van der Waals surface area contributed by atoms with Crippen LogP contribution >= 0.6 is 0 Å². The second-order valence-corrected chi connectivity index (χ2v) is 3.07. The summed E-state index contributed by atoms with van der Waals surface area (Å²) in [5.41, 5.74) is 0. The Morgan fingerprint density at radius 3 is 3.07 bits per heavy atom. The molecule has 2 rings (SSSR count). The van der Waals surface area contributed by atoms with Crippen molar-refractivity contribution in [1.29, 1.82) is 0 Å². The van der Waals surface area contributed by atoms with Gasteiger partial charge in [0, 0.05) is 19.4 Å². The van der Waals surface area contributed by atoms with Crippen LogP contribution in [0.25, 0.3) is 6.08 Å². The summed E-state index contributed by atoms with van der Waals surface area (Å²) >= 11 is 0. The molecule has 4 nitrogen and oxygen atoms in total. The number of furan rings is 1. The van der Waals surface area contributed by atoms with E-state index < -0.39 is 0 Å². The number of carbonyl (C=O) groups is 1. The molecule has 0 atom stereocenters. The van der Waals surface area contributed by atoms with Gasteiger partial charge in [0.2, 0.25) is 5.78 Å². The second kappa shape index (κ2) is 3.96. The third-order valence-corrected chi connectivity index (χ3v) is 1.98. The minimum absolute atomic E-state index is 0.140. The monoisotopic (exact) mass is 202 g/mol. The average Bonchev–Trinajstić information content (AvgIpc) is 2.84. The van der Waals surface area contributed by atoms with Crippen LogP contribution in [0.5, 0.6) is 0 Å². The molecule has 4 heteroatoms. The van der Waals surface area contributed by atoms with E-state index in [1.807, 2.05) is 0 Å². The van der Waals surface area contributed by atoms with Gasteiger partial charge in [0.15, 0.2) is 5.82 Å². The molecular weight excluding hydrogens is 192 g/mol. The minimum atomic E-state index is -0.140. The van der Waals surface area contributed by atoms with Crippen molar-refractivity contribution in [2.75, 3.05) is 0 Å². The number of aromatic nitrogens is 2. The number of aryl methyl sites for hydroxylation is 1. The summed E-state index contributed by atoms with van der Waals surface area (Å²) in [4.78, 5) is 15.6. The number of hydrogen-bond donors (Lipinski definition) is 0. The molecular formula is C11H10N2O2. The first-order chi connectivity index (χ1) is 7.27. The van der Waals surface area contributed by atoms with E-state index in [1.165, 1.54) is 6.08 Å². The normalized spacial score (nSPS) is 11.0. The highest BCUT2D eigenvalue weighted by Crippen LogP contribution is 2.04. The Bertz CT molecular complexity index is 480. The van der Waals surface area contributed by atoms with Crippen LogP contribution in [0.2, 0.25) is 0 Å². The SMILES string of the molecule is Cn1ccnc1C(=O)C=Cc1ccco1. The molecule has 0 aliphatic carbocycles. The van der Waals surface area contributed by atoms with Crippen LogP contribution < -0.4 is 0 Å². The fourth-order valence-electron chi connectivity index (χ4n) is 1.22. The van der Waals surface area contributed by atoms with Gasteiger partial charge in [-0.1, -0.05) is 0 Å². The summed E-state index contributed by atoms with van der Waals surface area (Å²) in [6.45, 7) is 0. The summed E-state index contributed by atoms with van der Waals surface area (Å²) in [6, 6.07) is 3.55. The Labute approximate surface area is 86.9 Å². The van der Waals surface area contributed by atoms with Crippen molar-refractivity contribution >= 4 is 11.9 Å². The lowest BCUT2D eigenvalue weighted by Gasteiger charge is -1.94. The number of imidazole rings is 1. The lowest BCUT2D eigenvalue weighted by atomic mass is 10.3. The molecule has 0 saturated carbocycles. The molecule has 0 bridgehead atoms. The summed E-state index contributed by atoms with van der Waals surface area (Å²) in [6.07, 6.45) is 7.95. The lowest BCUT2D eigenvalue weighted by Crippen LogP contribution is -2.03. The van der Waals surface area contributed by atoms with Gasteiger partial charge in [0.25, 0.3) is 0 Å². The van der Waals surface area contributed by atoms with Gasteiger partial charge in [0.1, 0.15) is 5.76 Å². The molecule has 2 aromatic rings. The van der Waals surface area contributed by atoms with E-state index in [0.29, 0.717) is 11.6 Å². The largest absolute Gasteiger partial charge is 0.465 e. The highest BCUT2D eigenvalue weighted by molar-refractivity contribution is 6.04. The second-order valence-electron chi connectivity index (χ2n) is 3.07. The number of ketones is 1. The maximum atomic E-state index is 11.6. The van der Waals surface area contributed by atoms with Gasteiger partial charge in [-0.25, -0.2) is 4.98 Å². The highest BCUT2D eigenvalue weighted by atomic mass is 16.3. The average molecular weight is 202 g/mol. The predicted octanol–water partition coefficient (Wildman–Crippen LogP) is 1.91. The van der Waals surface area contributed by atoms with Crippen LogP contribution in [0.1, 0.15) is 16.4 Å². The molecule has 0 fully saturated rings. The Hall–Kier alpha value is -2.10. The molecule has 2 heterocycles. The molecule has 0 radical (unpaired) electrons. The molecule has 0 aromatic carbocycles. The van der Waals surface area contributed by atoms with Crippen LogP contribution in [0, 0.1) is 0 Å². The number of hydrogen-bond acceptors (Lipinski definition) is 3. The van der Waals surface area contributed by atoms with Crippen molar-refractivity contribution in [2.24, 2.45) is 7.05 Å². The zero-order valence-corrected chi connectivity index (χ0v) is 8.25. The number of rotatable bonds is 3. The van der Waals surface area contributed by atoms with Crippen molar-refractivity contribution in [3.8, 4) is 0 Å². The fourth-order valence-corrected chi connectivity index (χ4v) is 1.22. The Balaban J connectivity index is 2.14. The molecule has 0 amide bonds. The van der Waals surface area contributed by atoms with Crippen molar-refractivity contribution < 1.29 is 9.21 Å². The summed E-state index contributed by atoms with van der Waals surface area (Å²) in [5.74, 6) is 0.925. The molecule has 0 aliphatic heterocycles. The van der Waals surface area contributed by atoms with Crippen molar-refractivity contribution in [3.63, 3.8) is 0 Å². The van der Waals surface area contributed by atoms with Crippen LogP contribution in [0.15, 0.2) is 41.3 Å². The van der Waals surface area contributed by atoms with E-state index in [-0.39, 0.29) is 5.78 Å². The molecule has 0 aliphatic rings. The van der Waals surface area contributed by atoms with Crippen LogP contribution in [-0.2, 0) is 7.05 Å². The Kier molecular flexibility index (Phi) is 2.49. The maximum Gasteiger partial charge on any atom is 0.221 e. The van der Waals surface area contributed by atoms with Crippen LogP contribution in [-0.4, -0.2) is 15.3 Å². The standard InChI is InChI=1S/C11H10N2O2/c1-13-7-6-12-11(13)10(14)5-4-9-3-2-8-15-9/h2-8H,1H3. The smallest absolute Gasteiger partial charge is 0.221 e. The first-order valence-electron chi connectivity index (χ1n) is 4.50. The van der Waals surface area contributed by atoms with E-state index >= 15 is 0 Å². The van der Waals surface area contributed by atoms with E-state index in [1.54, 1.807) is 48.5 Å².